The summed E-state index contributed by atoms with van der Waals surface area (Å²) in [4.78, 5) is 24.6. The highest BCUT2D eigenvalue weighted by atomic mass is 35.5. The summed E-state index contributed by atoms with van der Waals surface area (Å²) in [5.74, 6) is 1.13. The molecule has 1 atom stereocenters. The van der Waals surface area contributed by atoms with Gasteiger partial charge in [-0.2, -0.15) is 0 Å². The van der Waals surface area contributed by atoms with Gasteiger partial charge < -0.3 is 19.5 Å². The Morgan fingerprint density at radius 1 is 1.09 bits per heavy atom. The Kier molecular flexibility index (Phi) is 11.1. The first-order valence-electron chi connectivity index (χ1n) is 10.6. The van der Waals surface area contributed by atoms with E-state index in [2.05, 4.69) is 25.7 Å². The average molecular weight is 492 g/mol. The summed E-state index contributed by atoms with van der Waals surface area (Å²) >= 11 is 7.48. The minimum atomic E-state index is -0.609. The van der Waals surface area contributed by atoms with E-state index in [9.17, 15) is 9.59 Å². The molecule has 0 fully saturated rings. The number of carbonyl (C=O) groups excluding carboxylic acids is 2. The number of alkyl carbamates (subject to hydrolysis) is 1. The molecular formula is C25H30ClNO5S. The predicted octanol–water partition coefficient (Wildman–Crippen LogP) is 5.85. The number of esters is 1. The van der Waals surface area contributed by atoms with Gasteiger partial charge in [-0.1, -0.05) is 44.2 Å². The summed E-state index contributed by atoms with van der Waals surface area (Å²) < 4.78 is 16.4. The fourth-order valence-corrected chi connectivity index (χ4v) is 3.58. The molecule has 0 aromatic heterocycles. The molecule has 1 amide bonds. The molecule has 0 saturated carbocycles. The quantitative estimate of drug-likeness (QED) is 0.174. The van der Waals surface area contributed by atoms with Crippen molar-refractivity contribution in [2.24, 2.45) is 0 Å². The van der Waals surface area contributed by atoms with Crippen molar-refractivity contribution in [1.82, 2.24) is 5.32 Å². The number of ether oxygens (including phenoxy) is 3. The van der Waals surface area contributed by atoms with Gasteiger partial charge >= 0.3 is 12.1 Å². The van der Waals surface area contributed by atoms with Crippen LogP contribution < -0.4 is 10.1 Å². The number of hydrogen-bond acceptors (Lipinski definition) is 6. The van der Waals surface area contributed by atoms with Crippen molar-refractivity contribution in [1.29, 1.82) is 0 Å². The van der Waals surface area contributed by atoms with Crippen molar-refractivity contribution in [3.05, 3.63) is 71.3 Å². The lowest BCUT2D eigenvalue weighted by atomic mass is 10.0. The van der Waals surface area contributed by atoms with Gasteiger partial charge in [-0.15, -0.1) is 11.8 Å². The third-order valence-electron chi connectivity index (χ3n) is 4.46. The van der Waals surface area contributed by atoms with Gasteiger partial charge in [0.2, 0.25) is 0 Å². The van der Waals surface area contributed by atoms with E-state index < -0.39 is 18.2 Å². The molecular weight excluding hydrogens is 462 g/mol. The van der Waals surface area contributed by atoms with E-state index >= 15 is 0 Å². The van der Waals surface area contributed by atoms with Crippen LogP contribution in [0.2, 0.25) is 5.02 Å². The molecule has 0 bridgehead atoms. The lowest BCUT2D eigenvalue weighted by Gasteiger charge is -2.19. The van der Waals surface area contributed by atoms with Crippen molar-refractivity contribution in [3.8, 4) is 5.75 Å². The first kappa shape index (κ1) is 26.6. The van der Waals surface area contributed by atoms with Gasteiger partial charge in [0.1, 0.15) is 25.1 Å². The Morgan fingerprint density at radius 2 is 1.76 bits per heavy atom. The topological polar surface area (TPSA) is 73.9 Å². The Hall–Kier alpha value is -2.64. The number of amides is 1. The van der Waals surface area contributed by atoms with Crippen LogP contribution in [-0.2, 0) is 14.3 Å². The second kappa shape index (κ2) is 13.8. The molecule has 2 aromatic rings. The second-order valence-electron chi connectivity index (χ2n) is 7.67. The monoisotopic (exact) mass is 491 g/mol. The minimum absolute atomic E-state index is 0.0314. The maximum absolute atomic E-state index is 12.2. The number of carbonyl (C=O) groups is 2. The van der Waals surface area contributed by atoms with Crippen molar-refractivity contribution in [3.63, 3.8) is 0 Å². The molecule has 1 N–H and O–H groups in total. The van der Waals surface area contributed by atoms with Crippen LogP contribution in [0.3, 0.4) is 0 Å². The van der Waals surface area contributed by atoms with Gasteiger partial charge in [0.15, 0.2) is 0 Å². The van der Waals surface area contributed by atoms with Gasteiger partial charge in [-0.05, 0) is 54.8 Å². The summed E-state index contributed by atoms with van der Waals surface area (Å²) in [5.41, 5.74) is 1.52. The van der Waals surface area contributed by atoms with Gasteiger partial charge in [0, 0.05) is 21.2 Å². The Bertz CT molecular complexity index is 915. The van der Waals surface area contributed by atoms with E-state index in [1.54, 1.807) is 6.92 Å². The molecule has 2 rings (SSSR count). The molecule has 0 saturated heterocycles. The van der Waals surface area contributed by atoms with E-state index in [0.29, 0.717) is 28.0 Å². The van der Waals surface area contributed by atoms with Crippen LogP contribution in [0.4, 0.5) is 4.79 Å². The number of rotatable bonds is 12. The molecule has 8 heteroatoms. The lowest BCUT2D eigenvalue weighted by Crippen LogP contribution is -2.35. The number of hydrogen-bond donors (Lipinski definition) is 1. The minimum Gasteiger partial charge on any atom is -0.490 e. The fourth-order valence-electron chi connectivity index (χ4n) is 2.59. The van der Waals surface area contributed by atoms with Crippen LogP contribution in [0.25, 0.3) is 0 Å². The predicted molar refractivity (Wildman–Crippen MR) is 132 cm³/mol. The van der Waals surface area contributed by atoms with Crippen LogP contribution in [-0.4, -0.2) is 43.7 Å². The highest BCUT2D eigenvalue weighted by Gasteiger charge is 2.17. The standard InChI is InChI=1S/C25H30ClNO5S/c1-17(2)19-5-9-21(10-6-19)31-15-22(16-33-23-11-7-20(26)8-12-23)32-25(29)27-13-14-30-24(28)18(3)4/h5-12,17,22H,3,13-16H2,1-2,4H3,(H,27,29). The highest BCUT2D eigenvalue weighted by Crippen LogP contribution is 2.23. The fraction of sp³-hybridized carbons (Fsp3) is 0.360. The molecule has 0 aliphatic rings. The van der Waals surface area contributed by atoms with E-state index in [0.717, 1.165) is 4.90 Å². The van der Waals surface area contributed by atoms with Crippen LogP contribution >= 0.6 is 23.4 Å². The molecule has 178 valence electrons. The number of benzene rings is 2. The summed E-state index contributed by atoms with van der Waals surface area (Å²) in [6, 6.07) is 15.3. The molecule has 0 aliphatic carbocycles. The van der Waals surface area contributed by atoms with Crippen LogP contribution in [0.15, 0.2) is 65.6 Å². The third-order valence-corrected chi connectivity index (χ3v) is 5.85. The Morgan fingerprint density at radius 3 is 2.36 bits per heavy atom. The van der Waals surface area contributed by atoms with E-state index in [4.69, 9.17) is 25.8 Å². The van der Waals surface area contributed by atoms with Gasteiger partial charge in [0.25, 0.3) is 0 Å². The molecule has 33 heavy (non-hydrogen) atoms. The lowest BCUT2D eigenvalue weighted by molar-refractivity contribution is -0.138. The SMILES string of the molecule is C=C(C)C(=O)OCCNC(=O)OC(COc1ccc(C(C)C)cc1)CSc1ccc(Cl)cc1. The number of nitrogens with one attached hydrogen (secondary N) is 1. The Balaban J connectivity index is 1.89. The first-order chi connectivity index (χ1) is 15.7. The van der Waals surface area contributed by atoms with Crippen LogP contribution in [0.1, 0.15) is 32.3 Å². The van der Waals surface area contributed by atoms with Gasteiger partial charge in [0.05, 0.1) is 6.54 Å². The molecule has 0 spiro atoms. The normalized spacial score (nSPS) is 11.5. The van der Waals surface area contributed by atoms with Crippen molar-refractivity contribution in [2.45, 2.75) is 37.7 Å². The van der Waals surface area contributed by atoms with Crippen molar-refractivity contribution < 1.29 is 23.8 Å². The largest absolute Gasteiger partial charge is 0.490 e. The molecule has 0 heterocycles. The average Bonchev–Trinajstić information content (AvgIpc) is 2.79. The summed E-state index contributed by atoms with van der Waals surface area (Å²) in [6.45, 7) is 9.68. The zero-order valence-electron chi connectivity index (χ0n) is 19.1. The zero-order chi connectivity index (χ0) is 24.2. The second-order valence-corrected chi connectivity index (χ2v) is 9.20. The first-order valence-corrected chi connectivity index (χ1v) is 12.0. The van der Waals surface area contributed by atoms with E-state index in [-0.39, 0.29) is 19.8 Å². The van der Waals surface area contributed by atoms with Crippen molar-refractivity contribution >= 4 is 35.4 Å². The number of thioether (sulfide) groups is 1. The van der Waals surface area contributed by atoms with Gasteiger partial charge in [-0.25, -0.2) is 9.59 Å². The Labute approximate surface area is 204 Å². The maximum atomic E-state index is 12.2. The number of halogens is 1. The molecule has 0 aliphatic heterocycles. The van der Waals surface area contributed by atoms with Crippen LogP contribution in [0.5, 0.6) is 5.75 Å². The highest BCUT2D eigenvalue weighted by molar-refractivity contribution is 7.99. The van der Waals surface area contributed by atoms with Crippen LogP contribution in [0, 0.1) is 0 Å². The van der Waals surface area contributed by atoms with E-state index in [1.807, 2.05) is 48.5 Å². The maximum Gasteiger partial charge on any atom is 0.407 e. The third kappa shape index (κ3) is 10.2. The molecule has 2 aromatic carbocycles. The van der Waals surface area contributed by atoms with Crippen molar-refractivity contribution in [2.75, 3.05) is 25.5 Å². The zero-order valence-corrected chi connectivity index (χ0v) is 20.7. The summed E-state index contributed by atoms with van der Waals surface area (Å²) in [5, 5.41) is 3.24. The van der Waals surface area contributed by atoms with Gasteiger partial charge in [-0.3, -0.25) is 0 Å². The molecule has 0 radical (unpaired) electrons. The molecule has 1 unspecified atom stereocenters. The summed E-state index contributed by atoms with van der Waals surface area (Å²) in [7, 11) is 0. The molecule has 6 nitrogen and oxygen atoms in total. The van der Waals surface area contributed by atoms with E-state index in [1.165, 1.54) is 17.3 Å². The summed E-state index contributed by atoms with van der Waals surface area (Å²) in [6.07, 6.45) is -1.12. The smallest absolute Gasteiger partial charge is 0.407 e.